The van der Waals surface area contributed by atoms with Gasteiger partial charge in [0.2, 0.25) is 5.91 Å². The molecule has 206 valence electrons. The summed E-state index contributed by atoms with van der Waals surface area (Å²) in [5, 5.41) is 6.24. The summed E-state index contributed by atoms with van der Waals surface area (Å²) < 4.78 is 3.49. The SMILES string of the molecule is Cn1c(=O)n(CC(C)(C)C)c2ccc(C3CCC(C)(C)C(NC(=O)Cc4csc(-c5ccccc5)n4)C3)nc21. The number of aromatic nitrogens is 4. The van der Waals surface area contributed by atoms with Gasteiger partial charge in [-0.25, -0.2) is 14.8 Å². The van der Waals surface area contributed by atoms with Gasteiger partial charge >= 0.3 is 5.69 Å². The molecule has 1 aromatic carbocycles. The van der Waals surface area contributed by atoms with E-state index in [0.717, 1.165) is 52.4 Å². The monoisotopic (exact) mass is 545 g/mol. The van der Waals surface area contributed by atoms with Crippen molar-refractivity contribution in [3.8, 4) is 10.6 Å². The molecule has 39 heavy (non-hydrogen) atoms. The molecular weight excluding hydrogens is 506 g/mol. The van der Waals surface area contributed by atoms with Crippen molar-refractivity contribution in [2.45, 2.75) is 78.8 Å². The number of nitrogens with zero attached hydrogens (tertiary/aromatic N) is 4. The second kappa shape index (κ2) is 10.4. The second-order valence-electron chi connectivity index (χ2n) is 12.8. The Hall–Kier alpha value is -3.26. The molecule has 1 N–H and O–H groups in total. The van der Waals surface area contributed by atoms with E-state index in [9.17, 15) is 9.59 Å². The Morgan fingerprint density at radius 3 is 2.59 bits per heavy atom. The van der Waals surface area contributed by atoms with Crippen molar-refractivity contribution in [2.75, 3.05) is 0 Å². The van der Waals surface area contributed by atoms with Crippen LogP contribution in [0.5, 0.6) is 0 Å². The number of benzene rings is 1. The zero-order valence-electron chi connectivity index (χ0n) is 23.8. The molecule has 3 aromatic heterocycles. The van der Waals surface area contributed by atoms with Crippen molar-refractivity contribution >= 4 is 28.4 Å². The van der Waals surface area contributed by atoms with Crippen molar-refractivity contribution in [3.63, 3.8) is 0 Å². The fourth-order valence-corrected chi connectivity index (χ4v) is 6.44. The number of aryl methyl sites for hydroxylation is 1. The van der Waals surface area contributed by atoms with Crippen LogP contribution < -0.4 is 11.0 Å². The van der Waals surface area contributed by atoms with E-state index in [4.69, 9.17) is 9.97 Å². The Bertz CT molecular complexity index is 1540. The van der Waals surface area contributed by atoms with Crippen LogP contribution >= 0.6 is 11.3 Å². The van der Waals surface area contributed by atoms with Crippen LogP contribution in [0.3, 0.4) is 0 Å². The summed E-state index contributed by atoms with van der Waals surface area (Å²) in [7, 11) is 1.80. The van der Waals surface area contributed by atoms with E-state index in [1.165, 1.54) is 0 Å². The normalized spacial score (nSPS) is 19.3. The molecule has 3 heterocycles. The lowest BCUT2D eigenvalue weighted by Crippen LogP contribution is -2.48. The van der Waals surface area contributed by atoms with Gasteiger partial charge in [-0.3, -0.25) is 13.9 Å². The van der Waals surface area contributed by atoms with Crippen LogP contribution in [-0.2, 0) is 24.8 Å². The minimum Gasteiger partial charge on any atom is -0.352 e. The molecule has 7 nitrogen and oxygen atoms in total. The van der Waals surface area contributed by atoms with E-state index in [1.807, 2.05) is 46.3 Å². The maximum absolute atomic E-state index is 13.1. The summed E-state index contributed by atoms with van der Waals surface area (Å²) in [6.07, 6.45) is 3.08. The molecule has 1 fully saturated rings. The summed E-state index contributed by atoms with van der Waals surface area (Å²) in [5.74, 6) is 0.224. The van der Waals surface area contributed by atoms with Crippen LogP contribution in [0.25, 0.3) is 21.7 Å². The summed E-state index contributed by atoms with van der Waals surface area (Å²) in [5.41, 5.74) is 4.40. The molecule has 2 atom stereocenters. The first-order valence-corrected chi connectivity index (χ1v) is 14.6. The van der Waals surface area contributed by atoms with Gasteiger partial charge in [0.05, 0.1) is 17.6 Å². The van der Waals surface area contributed by atoms with Crippen molar-refractivity contribution in [1.82, 2.24) is 24.4 Å². The van der Waals surface area contributed by atoms with Crippen LogP contribution in [0.15, 0.2) is 52.6 Å². The average molecular weight is 546 g/mol. The highest BCUT2D eigenvalue weighted by Crippen LogP contribution is 2.42. The Labute approximate surface area is 234 Å². The van der Waals surface area contributed by atoms with E-state index in [1.54, 1.807) is 23.0 Å². The minimum atomic E-state index is -0.0306. The van der Waals surface area contributed by atoms with Crippen molar-refractivity contribution in [2.24, 2.45) is 17.9 Å². The van der Waals surface area contributed by atoms with Gasteiger partial charge in [0, 0.05) is 42.2 Å². The average Bonchev–Trinajstić information content (AvgIpc) is 3.43. The van der Waals surface area contributed by atoms with Crippen LogP contribution in [-0.4, -0.2) is 31.1 Å². The first-order chi connectivity index (χ1) is 18.4. The van der Waals surface area contributed by atoms with Crippen LogP contribution in [0.1, 0.15) is 71.2 Å². The van der Waals surface area contributed by atoms with E-state index in [2.05, 4.69) is 46.0 Å². The Morgan fingerprint density at radius 2 is 1.87 bits per heavy atom. The molecule has 1 aliphatic rings. The third kappa shape index (κ3) is 5.86. The largest absolute Gasteiger partial charge is 0.352 e. The van der Waals surface area contributed by atoms with Crippen LogP contribution in [0.4, 0.5) is 0 Å². The molecule has 0 spiro atoms. The molecule has 0 aliphatic heterocycles. The Balaban J connectivity index is 1.31. The molecule has 4 aromatic rings. The Morgan fingerprint density at radius 1 is 1.13 bits per heavy atom. The van der Waals surface area contributed by atoms with E-state index >= 15 is 0 Å². The maximum Gasteiger partial charge on any atom is 0.330 e. The topological polar surface area (TPSA) is 81.8 Å². The number of rotatable bonds is 6. The molecule has 1 amide bonds. The highest BCUT2D eigenvalue weighted by atomic mass is 32.1. The van der Waals surface area contributed by atoms with Gasteiger partial charge in [0.1, 0.15) is 5.01 Å². The molecular formula is C31H39N5O2S. The highest BCUT2D eigenvalue weighted by molar-refractivity contribution is 7.13. The molecule has 1 aliphatic carbocycles. The third-order valence-corrected chi connectivity index (χ3v) is 8.84. The van der Waals surface area contributed by atoms with Crippen LogP contribution in [0, 0.1) is 10.8 Å². The Kier molecular flexibility index (Phi) is 7.27. The van der Waals surface area contributed by atoms with Gasteiger partial charge in [-0.05, 0) is 42.2 Å². The molecule has 8 heteroatoms. The van der Waals surface area contributed by atoms with Gasteiger partial charge in [-0.1, -0.05) is 65.0 Å². The molecule has 0 saturated heterocycles. The number of carbonyl (C=O) groups is 1. The summed E-state index contributed by atoms with van der Waals surface area (Å²) in [6.45, 7) is 11.5. The lowest BCUT2D eigenvalue weighted by atomic mass is 9.68. The summed E-state index contributed by atoms with van der Waals surface area (Å²) >= 11 is 1.57. The lowest BCUT2D eigenvalue weighted by molar-refractivity contribution is -0.122. The van der Waals surface area contributed by atoms with Crippen molar-refractivity contribution < 1.29 is 4.79 Å². The van der Waals surface area contributed by atoms with E-state index < -0.39 is 0 Å². The molecule has 0 bridgehead atoms. The molecule has 0 radical (unpaired) electrons. The second-order valence-corrected chi connectivity index (χ2v) is 13.7. The smallest absolute Gasteiger partial charge is 0.330 e. The fraction of sp³-hybridized carbons (Fsp3) is 0.484. The molecule has 1 saturated carbocycles. The number of imidazole rings is 1. The number of hydrogen-bond acceptors (Lipinski definition) is 5. The minimum absolute atomic E-state index is 0.00343. The van der Waals surface area contributed by atoms with E-state index in [-0.39, 0.29) is 40.8 Å². The van der Waals surface area contributed by atoms with Gasteiger partial charge in [0.15, 0.2) is 5.65 Å². The highest BCUT2D eigenvalue weighted by Gasteiger charge is 2.38. The molecule has 2 unspecified atom stereocenters. The first kappa shape index (κ1) is 27.3. The standard InChI is InChI=1S/C31H39N5O2S/c1-30(2,3)19-36-24-13-12-23(33-27(24)35(6)29(36)38)21-14-15-31(4,5)25(16-21)34-26(37)17-22-18-39-28(32-22)20-10-8-7-9-11-20/h7-13,18,21,25H,14-17,19H2,1-6H3,(H,34,37). The lowest BCUT2D eigenvalue weighted by Gasteiger charge is -2.42. The number of thiazole rings is 1. The quantitative estimate of drug-likeness (QED) is 0.326. The van der Waals surface area contributed by atoms with Crippen molar-refractivity contribution in [3.05, 3.63) is 69.7 Å². The summed E-state index contributed by atoms with van der Waals surface area (Å²) in [6, 6.07) is 14.2. The number of amides is 1. The number of nitrogens with one attached hydrogen (secondary N) is 1. The van der Waals surface area contributed by atoms with Gasteiger partial charge in [0.25, 0.3) is 0 Å². The predicted molar refractivity (Wildman–Crippen MR) is 158 cm³/mol. The number of pyridine rings is 1. The predicted octanol–water partition coefficient (Wildman–Crippen LogP) is 5.93. The van der Waals surface area contributed by atoms with Crippen molar-refractivity contribution in [1.29, 1.82) is 0 Å². The van der Waals surface area contributed by atoms with Gasteiger partial charge in [-0.15, -0.1) is 11.3 Å². The summed E-state index contributed by atoms with van der Waals surface area (Å²) in [4.78, 5) is 35.8. The van der Waals surface area contributed by atoms with E-state index in [0.29, 0.717) is 6.54 Å². The van der Waals surface area contributed by atoms with Gasteiger partial charge < -0.3 is 5.32 Å². The zero-order chi connectivity index (χ0) is 27.9. The number of carbonyl (C=O) groups excluding carboxylic acids is 1. The number of fused-ring (bicyclic) bond motifs is 1. The number of hydrogen-bond donors (Lipinski definition) is 1. The maximum atomic E-state index is 13.1. The van der Waals surface area contributed by atoms with Crippen LogP contribution in [0.2, 0.25) is 0 Å². The zero-order valence-corrected chi connectivity index (χ0v) is 24.6. The first-order valence-electron chi connectivity index (χ1n) is 13.8. The third-order valence-electron chi connectivity index (χ3n) is 7.90. The molecule has 5 rings (SSSR count). The van der Waals surface area contributed by atoms with Gasteiger partial charge in [-0.2, -0.15) is 0 Å². The fourth-order valence-electron chi connectivity index (χ4n) is 5.62.